The molecule has 0 fully saturated rings. The maximum Gasteiger partial charge on any atom is 0.308 e. The van der Waals surface area contributed by atoms with Crippen molar-refractivity contribution in [2.24, 2.45) is 5.92 Å². The van der Waals surface area contributed by atoms with Crippen molar-refractivity contribution in [3.63, 3.8) is 0 Å². The highest BCUT2D eigenvalue weighted by Crippen LogP contribution is 2.55. The van der Waals surface area contributed by atoms with E-state index in [2.05, 4.69) is 4.98 Å². The Hall–Kier alpha value is -2.71. The summed E-state index contributed by atoms with van der Waals surface area (Å²) < 4.78 is 10.5. The second kappa shape index (κ2) is 7.96. The van der Waals surface area contributed by atoms with Crippen molar-refractivity contribution < 1.29 is 19.4 Å². The van der Waals surface area contributed by atoms with Crippen LogP contribution in [0.25, 0.3) is 0 Å². The summed E-state index contributed by atoms with van der Waals surface area (Å²) in [5, 5.41) is 10.6. The third-order valence-electron chi connectivity index (χ3n) is 5.06. The molecule has 0 spiro atoms. The van der Waals surface area contributed by atoms with Gasteiger partial charge in [0.1, 0.15) is 11.5 Å². The molecule has 4 rings (SSSR count). The number of methoxy groups -OCH3 is 2. The lowest BCUT2D eigenvalue weighted by atomic mass is 9.80. The van der Waals surface area contributed by atoms with E-state index in [9.17, 15) is 14.7 Å². The lowest BCUT2D eigenvalue weighted by Crippen LogP contribution is -2.30. The average Bonchev–Trinajstić information content (AvgIpc) is 3.12. The first-order valence-electron chi connectivity index (χ1n) is 8.92. The summed E-state index contributed by atoms with van der Waals surface area (Å²) in [6.07, 6.45) is 0. The average molecular weight is 430 g/mol. The molecular weight excluding hydrogens is 410 g/mol. The van der Waals surface area contributed by atoms with Crippen LogP contribution >= 0.6 is 23.1 Å². The summed E-state index contributed by atoms with van der Waals surface area (Å²) in [6, 6.07) is 14.8. The Balaban J connectivity index is 1.85. The zero-order chi connectivity index (χ0) is 20.5. The smallest absolute Gasteiger partial charge is 0.308 e. The number of carboxylic acids is 1. The molecular formula is C21H19NO5S2. The van der Waals surface area contributed by atoms with Gasteiger partial charge in [-0.2, -0.15) is 0 Å². The number of H-pyrrole nitrogens is 1. The van der Waals surface area contributed by atoms with Crippen LogP contribution in [-0.2, 0) is 4.79 Å². The number of aliphatic carboxylic acids is 1. The van der Waals surface area contributed by atoms with Crippen LogP contribution in [0.3, 0.4) is 0 Å². The summed E-state index contributed by atoms with van der Waals surface area (Å²) in [6.45, 7) is 0. The van der Waals surface area contributed by atoms with E-state index in [1.165, 1.54) is 11.8 Å². The van der Waals surface area contributed by atoms with Gasteiger partial charge in [-0.15, -0.1) is 0 Å². The van der Waals surface area contributed by atoms with Gasteiger partial charge in [0.15, 0.2) is 0 Å². The summed E-state index contributed by atoms with van der Waals surface area (Å²) in [5.41, 5.74) is 1.72. The topological polar surface area (TPSA) is 88.6 Å². The van der Waals surface area contributed by atoms with Crippen molar-refractivity contribution in [1.29, 1.82) is 0 Å². The first-order valence-corrected chi connectivity index (χ1v) is 10.6. The molecule has 3 atom stereocenters. The van der Waals surface area contributed by atoms with Crippen LogP contribution in [0.5, 0.6) is 11.5 Å². The zero-order valence-corrected chi connectivity index (χ0v) is 17.4. The molecule has 0 unspecified atom stereocenters. The van der Waals surface area contributed by atoms with Gasteiger partial charge < -0.3 is 19.6 Å². The van der Waals surface area contributed by atoms with Gasteiger partial charge in [-0.3, -0.25) is 9.59 Å². The minimum absolute atomic E-state index is 0.180. The Labute approximate surface area is 175 Å². The van der Waals surface area contributed by atoms with Crippen molar-refractivity contribution in [3.05, 3.63) is 74.2 Å². The van der Waals surface area contributed by atoms with E-state index < -0.39 is 17.8 Å². The standard InChI is InChI=1S/C21H19NO5S2/c1-26-13-7-3-11(4-8-13)15-16(20(23)24)17(12-5-9-14(27-2)10-6-12)28-19-18(15)29-21(25)22-19/h3-10,15-17H,1-2H3,(H,22,25)(H,23,24)/t15-,16+,17+/m0/s1. The van der Waals surface area contributed by atoms with Gasteiger partial charge in [-0.25, -0.2) is 0 Å². The van der Waals surface area contributed by atoms with Crippen molar-refractivity contribution >= 4 is 29.1 Å². The van der Waals surface area contributed by atoms with Crippen LogP contribution in [0.2, 0.25) is 0 Å². The Bertz CT molecular complexity index is 1070. The molecule has 0 bridgehead atoms. The maximum absolute atomic E-state index is 12.4. The van der Waals surface area contributed by atoms with E-state index in [-0.39, 0.29) is 10.1 Å². The number of hydrogen-bond donors (Lipinski definition) is 2. The first kappa shape index (κ1) is 19.6. The van der Waals surface area contributed by atoms with Crippen LogP contribution in [0, 0.1) is 5.92 Å². The summed E-state index contributed by atoms with van der Waals surface area (Å²) in [5.74, 6) is -0.671. The zero-order valence-electron chi connectivity index (χ0n) is 15.7. The number of hydrogen-bond acceptors (Lipinski definition) is 6. The third kappa shape index (κ3) is 3.65. The van der Waals surface area contributed by atoms with Crippen molar-refractivity contribution in [3.8, 4) is 11.5 Å². The molecule has 0 saturated carbocycles. The van der Waals surface area contributed by atoms with Crippen molar-refractivity contribution in [2.45, 2.75) is 16.2 Å². The van der Waals surface area contributed by atoms with Crippen LogP contribution in [0.1, 0.15) is 27.2 Å². The fourth-order valence-electron chi connectivity index (χ4n) is 3.67. The second-order valence-electron chi connectivity index (χ2n) is 6.63. The van der Waals surface area contributed by atoms with Crippen molar-refractivity contribution in [2.75, 3.05) is 14.2 Å². The minimum Gasteiger partial charge on any atom is -0.497 e. The lowest BCUT2D eigenvalue weighted by molar-refractivity contribution is -0.142. The van der Waals surface area contributed by atoms with Gasteiger partial charge in [-0.05, 0) is 35.4 Å². The molecule has 29 heavy (non-hydrogen) atoms. The third-order valence-corrected chi connectivity index (χ3v) is 7.53. The van der Waals surface area contributed by atoms with E-state index in [0.29, 0.717) is 11.5 Å². The van der Waals surface area contributed by atoms with E-state index >= 15 is 0 Å². The van der Waals surface area contributed by atoms with E-state index in [1.807, 2.05) is 48.5 Å². The van der Waals surface area contributed by atoms with Crippen LogP contribution in [-0.4, -0.2) is 30.3 Å². The molecule has 3 aromatic rings. The van der Waals surface area contributed by atoms with E-state index in [1.54, 1.807) is 14.2 Å². The fraction of sp³-hybridized carbons (Fsp3) is 0.238. The van der Waals surface area contributed by atoms with Gasteiger partial charge in [0.05, 0.1) is 30.4 Å². The monoisotopic (exact) mass is 429 g/mol. The normalized spacial score (nSPS) is 20.7. The highest BCUT2D eigenvalue weighted by molar-refractivity contribution is 7.99. The number of fused-ring (bicyclic) bond motifs is 1. The van der Waals surface area contributed by atoms with Gasteiger partial charge in [0.2, 0.25) is 0 Å². The highest BCUT2D eigenvalue weighted by Gasteiger charge is 2.45. The molecule has 0 saturated heterocycles. The molecule has 1 aromatic heterocycles. The number of carbonyl (C=O) groups is 1. The largest absolute Gasteiger partial charge is 0.497 e. The lowest BCUT2D eigenvalue weighted by Gasteiger charge is -2.35. The van der Waals surface area contributed by atoms with Gasteiger partial charge in [-0.1, -0.05) is 47.4 Å². The Kier molecular flexibility index (Phi) is 5.38. The molecule has 2 heterocycles. The first-order chi connectivity index (χ1) is 14.0. The molecule has 0 amide bonds. The Morgan fingerprint density at radius 3 is 2.03 bits per heavy atom. The molecule has 2 N–H and O–H groups in total. The molecule has 8 heteroatoms. The summed E-state index contributed by atoms with van der Waals surface area (Å²) in [4.78, 5) is 28.0. The number of thioether (sulfide) groups is 1. The fourth-order valence-corrected chi connectivity index (χ4v) is 6.27. The number of thiazole rings is 1. The SMILES string of the molecule is COc1ccc([C@@H]2c3sc(=O)[nH]c3S[C@H](c3ccc(OC)cc3)[C@@H]2C(=O)O)cc1. The molecule has 150 valence electrons. The molecule has 0 aliphatic carbocycles. The second-order valence-corrected chi connectivity index (χ2v) is 8.80. The molecule has 1 aliphatic rings. The van der Waals surface area contributed by atoms with Crippen LogP contribution < -0.4 is 14.3 Å². The number of ether oxygens (including phenoxy) is 2. The number of nitrogens with one attached hydrogen (secondary N) is 1. The number of aromatic nitrogens is 1. The summed E-state index contributed by atoms with van der Waals surface area (Å²) in [7, 11) is 3.18. The number of aromatic amines is 1. The van der Waals surface area contributed by atoms with E-state index in [0.717, 1.165) is 32.4 Å². The predicted molar refractivity (Wildman–Crippen MR) is 112 cm³/mol. The number of benzene rings is 2. The quantitative estimate of drug-likeness (QED) is 0.634. The van der Waals surface area contributed by atoms with Crippen LogP contribution in [0.4, 0.5) is 0 Å². The van der Waals surface area contributed by atoms with Crippen molar-refractivity contribution in [1.82, 2.24) is 4.98 Å². The molecule has 2 aromatic carbocycles. The number of rotatable bonds is 5. The maximum atomic E-state index is 12.4. The van der Waals surface area contributed by atoms with E-state index in [4.69, 9.17) is 9.47 Å². The van der Waals surface area contributed by atoms with Crippen LogP contribution in [0.15, 0.2) is 58.4 Å². The minimum atomic E-state index is -0.898. The van der Waals surface area contributed by atoms with Gasteiger partial charge in [0.25, 0.3) is 0 Å². The summed E-state index contributed by atoms with van der Waals surface area (Å²) >= 11 is 2.48. The molecule has 1 aliphatic heterocycles. The van der Waals surface area contributed by atoms with Gasteiger partial charge in [0, 0.05) is 10.8 Å². The Morgan fingerprint density at radius 1 is 0.966 bits per heavy atom. The predicted octanol–water partition coefficient (Wildman–Crippen LogP) is 4.13. The number of carboxylic acid groups (broad SMARTS) is 1. The Morgan fingerprint density at radius 2 is 1.52 bits per heavy atom. The molecule has 0 radical (unpaired) electrons. The van der Waals surface area contributed by atoms with Gasteiger partial charge >= 0.3 is 10.8 Å². The molecule has 6 nitrogen and oxygen atoms in total. The highest BCUT2D eigenvalue weighted by atomic mass is 32.2.